The third-order valence-electron chi connectivity index (χ3n) is 3.88. The minimum absolute atomic E-state index is 0.0800. The van der Waals surface area contributed by atoms with Crippen LogP contribution in [0, 0.1) is 0 Å². The van der Waals surface area contributed by atoms with E-state index in [0.717, 1.165) is 16.7 Å². The van der Waals surface area contributed by atoms with Crippen LogP contribution in [-0.2, 0) is 5.41 Å². The molecule has 0 amide bonds. The van der Waals surface area contributed by atoms with Crippen LogP contribution in [0.15, 0.2) is 40.8 Å². The number of ether oxygens (including phenoxy) is 2. The maximum Gasteiger partial charge on any atom is 0.227 e. The molecule has 0 aliphatic carbocycles. The van der Waals surface area contributed by atoms with Crippen LogP contribution in [0.25, 0.3) is 22.6 Å². The molecule has 0 aliphatic rings. The van der Waals surface area contributed by atoms with Gasteiger partial charge in [0.1, 0.15) is 5.52 Å². The van der Waals surface area contributed by atoms with Crippen LogP contribution in [0.5, 0.6) is 11.5 Å². The molecule has 0 saturated heterocycles. The summed E-state index contributed by atoms with van der Waals surface area (Å²) >= 11 is 0. The largest absolute Gasteiger partial charge is 0.493 e. The van der Waals surface area contributed by atoms with E-state index >= 15 is 0 Å². The van der Waals surface area contributed by atoms with Gasteiger partial charge in [-0.15, -0.1) is 0 Å². The van der Waals surface area contributed by atoms with Crippen molar-refractivity contribution in [3.05, 3.63) is 42.0 Å². The molecule has 0 N–H and O–H groups in total. The molecule has 0 bridgehead atoms. The number of nitrogens with zero attached hydrogens (tertiary/aromatic N) is 1. The lowest BCUT2D eigenvalue weighted by Crippen LogP contribution is -2.10. The maximum atomic E-state index is 5.89. The number of rotatable bonds is 3. The molecule has 0 radical (unpaired) electrons. The smallest absolute Gasteiger partial charge is 0.227 e. The van der Waals surface area contributed by atoms with Crippen molar-refractivity contribution >= 4 is 11.1 Å². The number of aromatic nitrogens is 1. The first-order valence-corrected chi connectivity index (χ1v) is 7.56. The second-order valence-corrected chi connectivity index (χ2v) is 6.52. The Morgan fingerprint density at radius 3 is 2.30 bits per heavy atom. The van der Waals surface area contributed by atoms with Crippen molar-refractivity contribution in [3.63, 3.8) is 0 Å². The highest BCUT2D eigenvalue weighted by Crippen LogP contribution is 2.34. The van der Waals surface area contributed by atoms with Gasteiger partial charge in [-0.25, -0.2) is 4.98 Å². The van der Waals surface area contributed by atoms with Crippen molar-refractivity contribution in [2.75, 3.05) is 14.2 Å². The summed E-state index contributed by atoms with van der Waals surface area (Å²) in [5.74, 6) is 1.91. The van der Waals surface area contributed by atoms with E-state index < -0.39 is 0 Å². The Bertz CT molecular complexity index is 843. The second kappa shape index (κ2) is 5.61. The van der Waals surface area contributed by atoms with Crippen molar-refractivity contribution < 1.29 is 13.9 Å². The van der Waals surface area contributed by atoms with Gasteiger partial charge < -0.3 is 13.9 Å². The lowest BCUT2D eigenvalue weighted by atomic mass is 9.87. The van der Waals surface area contributed by atoms with E-state index in [4.69, 9.17) is 13.9 Å². The highest BCUT2D eigenvalue weighted by atomic mass is 16.5. The molecule has 1 aromatic heterocycles. The molecule has 4 heteroatoms. The Labute approximate surface area is 136 Å². The Kier molecular flexibility index (Phi) is 3.76. The fraction of sp³-hybridized carbons (Fsp3) is 0.316. The lowest BCUT2D eigenvalue weighted by Gasteiger charge is -2.18. The SMILES string of the molecule is COc1ccc(-c2nc3cc(C(C)(C)C)ccc3o2)cc1OC. The summed E-state index contributed by atoms with van der Waals surface area (Å²) in [5, 5.41) is 0. The molecule has 2 aromatic carbocycles. The van der Waals surface area contributed by atoms with Crippen molar-refractivity contribution in [1.82, 2.24) is 4.98 Å². The minimum Gasteiger partial charge on any atom is -0.493 e. The maximum absolute atomic E-state index is 5.89. The highest BCUT2D eigenvalue weighted by molar-refractivity contribution is 5.77. The minimum atomic E-state index is 0.0800. The molecule has 0 saturated carbocycles. The zero-order valence-electron chi connectivity index (χ0n) is 14.1. The van der Waals surface area contributed by atoms with Gasteiger partial charge in [-0.3, -0.25) is 0 Å². The van der Waals surface area contributed by atoms with Gasteiger partial charge in [0.2, 0.25) is 5.89 Å². The normalized spacial score (nSPS) is 11.7. The van der Waals surface area contributed by atoms with E-state index in [1.54, 1.807) is 14.2 Å². The van der Waals surface area contributed by atoms with Gasteiger partial charge in [-0.2, -0.15) is 0 Å². The number of methoxy groups -OCH3 is 2. The zero-order valence-corrected chi connectivity index (χ0v) is 14.1. The average molecular weight is 311 g/mol. The predicted molar refractivity (Wildman–Crippen MR) is 91.2 cm³/mol. The van der Waals surface area contributed by atoms with Crippen LogP contribution in [0.1, 0.15) is 26.3 Å². The molecule has 120 valence electrons. The van der Waals surface area contributed by atoms with E-state index in [9.17, 15) is 0 Å². The van der Waals surface area contributed by atoms with Crippen LogP contribution in [-0.4, -0.2) is 19.2 Å². The summed E-state index contributed by atoms with van der Waals surface area (Å²) in [6, 6.07) is 11.8. The standard InChI is InChI=1S/C19H21NO3/c1-19(2,3)13-7-9-15-14(11-13)20-18(23-15)12-6-8-16(21-4)17(10-12)22-5/h6-11H,1-5H3. The fourth-order valence-corrected chi connectivity index (χ4v) is 2.49. The summed E-state index contributed by atoms with van der Waals surface area (Å²) in [5.41, 5.74) is 3.81. The zero-order chi connectivity index (χ0) is 16.6. The second-order valence-electron chi connectivity index (χ2n) is 6.52. The highest BCUT2D eigenvalue weighted by Gasteiger charge is 2.17. The number of fused-ring (bicyclic) bond motifs is 1. The first kappa shape index (κ1) is 15.4. The van der Waals surface area contributed by atoms with E-state index in [1.807, 2.05) is 24.3 Å². The van der Waals surface area contributed by atoms with Crippen LogP contribution in [0.4, 0.5) is 0 Å². The molecule has 1 heterocycles. The summed E-state index contributed by atoms with van der Waals surface area (Å²) in [6.45, 7) is 6.55. The number of hydrogen-bond acceptors (Lipinski definition) is 4. The summed E-state index contributed by atoms with van der Waals surface area (Å²) in [6.07, 6.45) is 0. The van der Waals surface area contributed by atoms with Gasteiger partial charge in [-0.1, -0.05) is 26.8 Å². The third kappa shape index (κ3) is 2.89. The van der Waals surface area contributed by atoms with Gasteiger partial charge in [0.25, 0.3) is 0 Å². The first-order valence-electron chi connectivity index (χ1n) is 7.56. The molecule has 23 heavy (non-hydrogen) atoms. The lowest BCUT2D eigenvalue weighted by molar-refractivity contribution is 0.355. The van der Waals surface area contributed by atoms with E-state index in [-0.39, 0.29) is 5.41 Å². The Hall–Kier alpha value is -2.49. The molecule has 4 nitrogen and oxygen atoms in total. The monoisotopic (exact) mass is 311 g/mol. The predicted octanol–water partition coefficient (Wildman–Crippen LogP) is 4.81. The molecular weight excluding hydrogens is 290 g/mol. The number of hydrogen-bond donors (Lipinski definition) is 0. The molecule has 0 fully saturated rings. The molecule has 3 rings (SSSR count). The van der Waals surface area contributed by atoms with Crippen LogP contribution in [0.3, 0.4) is 0 Å². The first-order chi connectivity index (χ1) is 10.9. The van der Waals surface area contributed by atoms with E-state index in [0.29, 0.717) is 17.4 Å². The topological polar surface area (TPSA) is 44.5 Å². The van der Waals surface area contributed by atoms with Gasteiger partial charge in [0, 0.05) is 5.56 Å². The summed E-state index contributed by atoms with van der Waals surface area (Å²) < 4.78 is 16.5. The van der Waals surface area contributed by atoms with Crippen molar-refractivity contribution in [1.29, 1.82) is 0 Å². The average Bonchev–Trinajstić information content (AvgIpc) is 2.96. The summed E-state index contributed by atoms with van der Waals surface area (Å²) in [7, 11) is 3.23. The molecule has 0 spiro atoms. The Morgan fingerprint density at radius 1 is 0.913 bits per heavy atom. The van der Waals surface area contributed by atoms with E-state index in [1.165, 1.54) is 5.56 Å². The van der Waals surface area contributed by atoms with E-state index in [2.05, 4.69) is 37.9 Å². The molecule has 0 unspecified atom stereocenters. The van der Waals surface area contributed by atoms with Crippen LogP contribution >= 0.6 is 0 Å². The Morgan fingerprint density at radius 2 is 1.65 bits per heavy atom. The fourth-order valence-electron chi connectivity index (χ4n) is 2.49. The van der Waals surface area contributed by atoms with Gasteiger partial charge in [0.05, 0.1) is 14.2 Å². The summed E-state index contributed by atoms with van der Waals surface area (Å²) in [4.78, 5) is 4.62. The molecule has 0 aliphatic heterocycles. The van der Waals surface area contributed by atoms with Crippen molar-refractivity contribution in [3.8, 4) is 23.0 Å². The Balaban J connectivity index is 2.07. The van der Waals surface area contributed by atoms with Gasteiger partial charge in [-0.05, 0) is 41.3 Å². The number of benzene rings is 2. The molecular formula is C19H21NO3. The van der Waals surface area contributed by atoms with Gasteiger partial charge >= 0.3 is 0 Å². The van der Waals surface area contributed by atoms with Crippen LogP contribution < -0.4 is 9.47 Å². The third-order valence-corrected chi connectivity index (χ3v) is 3.88. The number of oxazole rings is 1. The molecule has 0 atom stereocenters. The van der Waals surface area contributed by atoms with Crippen molar-refractivity contribution in [2.45, 2.75) is 26.2 Å². The quantitative estimate of drug-likeness (QED) is 0.696. The van der Waals surface area contributed by atoms with Gasteiger partial charge in [0.15, 0.2) is 17.1 Å². The van der Waals surface area contributed by atoms with Crippen molar-refractivity contribution in [2.24, 2.45) is 0 Å². The molecule has 3 aromatic rings. The van der Waals surface area contributed by atoms with Crippen LogP contribution in [0.2, 0.25) is 0 Å².